The average Bonchev–Trinajstić information content (AvgIpc) is 3.37. The van der Waals surface area contributed by atoms with Crippen molar-refractivity contribution in [3.8, 4) is 22.5 Å². The van der Waals surface area contributed by atoms with Crippen molar-refractivity contribution in [3.05, 3.63) is 82.5 Å². The standard InChI is InChI=1S/C24H21ClN4OS2/c1-3-13-29-23(20-14-31-16(2)22(20)17-7-5-4-6-8-17)27-28-24(29)32-15-21(30)26-19-11-9-18(25)10-12-19/h3-12,14H,1,13,15H2,2H3,(H,26,30). The molecule has 0 atom stereocenters. The summed E-state index contributed by atoms with van der Waals surface area (Å²) in [4.78, 5) is 13.6. The molecule has 8 heteroatoms. The van der Waals surface area contributed by atoms with E-state index in [0.717, 1.165) is 22.5 Å². The lowest BCUT2D eigenvalue weighted by Gasteiger charge is -2.10. The predicted octanol–water partition coefficient (Wildman–Crippen LogP) is 6.55. The second kappa shape index (κ2) is 10.2. The first-order valence-electron chi connectivity index (χ1n) is 9.93. The number of allylic oxidation sites excluding steroid dienone is 1. The van der Waals surface area contributed by atoms with Crippen molar-refractivity contribution in [1.82, 2.24) is 14.8 Å². The van der Waals surface area contributed by atoms with E-state index in [-0.39, 0.29) is 11.7 Å². The van der Waals surface area contributed by atoms with E-state index >= 15 is 0 Å². The van der Waals surface area contributed by atoms with Gasteiger partial charge in [-0.1, -0.05) is 59.8 Å². The van der Waals surface area contributed by atoms with Gasteiger partial charge in [-0.2, -0.15) is 0 Å². The van der Waals surface area contributed by atoms with Crippen molar-refractivity contribution in [2.75, 3.05) is 11.1 Å². The highest BCUT2D eigenvalue weighted by Crippen LogP contribution is 2.39. The number of halogens is 1. The average molecular weight is 481 g/mol. The number of nitrogens with zero attached hydrogens (tertiary/aromatic N) is 3. The second-order valence-electron chi connectivity index (χ2n) is 7.00. The lowest BCUT2D eigenvalue weighted by Crippen LogP contribution is -2.14. The Morgan fingerprint density at radius 1 is 1.19 bits per heavy atom. The Kier molecular flexibility index (Phi) is 7.09. The summed E-state index contributed by atoms with van der Waals surface area (Å²) in [7, 11) is 0. The van der Waals surface area contributed by atoms with E-state index in [0.29, 0.717) is 22.4 Å². The predicted molar refractivity (Wildman–Crippen MR) is 135 cm³/mol. The lowest BCUT2D eigenvalue weighted by molar-refractivity contribution is -0.113. The van der Waals surface area contributed by atoms with E-state index in [1.54, 1.807) is 35.6 Å². The Morgan fingerprint density at radius 3 is 2.66 bits per heavy atom. The summed E-state index contributed by atoms with van der Waals surface area (Å²) >= 11 is 8.94. The van der Waals surface area contributed by atoms with Crippen LogP contribution in [0.4, 0.5) is 5.69 Å². The van der Waals surface area contributed by atoms with Crippen LogP contribution in [0, 0.1) is 6.92 Å². The third kappa shape index (κ3) is 4.96. The molecule has 2 aromatic heterocycles. The van der Waals surface area contributed by atoms with Crippen molar-refractivity contribution < 1.29 is 4.79 Å². The zero-order chi connectivity index (χ0) is 22.5. The molecule has 162 valence electrons. The van der Waals surface area contributed by atoms with Gasteiger partial charge in [-0.05, 0) is 36.8 Å². The van der Waals surface area contributed by atoms with Gasteiger partial charge in [-0.15, -0.1) is 28.1 Å². The second-order valence-corrected chi connectivity index (χ2v) is 9.46. The molecule has 0 aliphatic rings. The minimum absolute atomic E-state index is 0.122. The van der Waals surface area contributed by atoms with Crippen LogP contribution >= 0.6 is 34.7 Å². The van der Waals surface area contributed by atoms with Crippen molar-refractivity contribution in [2.24, 2.45) is 0 Å². The number of carbonyl (C=O) groups excluding carboxylic acids is 1. The Hall–Kier alpha value is -2.87. The number of hydrogen-bond acceptors (Lipinski definition) is 5. The van der Waals surface area contributed by atoms with Crippen LogP contribution in [0.15, 0.2) is 77.8 Å². The van der Waals surface area contributed by atoms with Gasteiger partial charge in [0.2, 0.25) is 5.91 Å². The molecule has 0 aliphatic carbocycles. The van der Waals surface area contributed by atoms with Crippen LogP contribution in [-0.4, -0.2) is 26.4 Å². The molecule has 0 fully saturated rings. The number of nitrogens with one attached hydrogen (secondary N) is 1. The molecule has 0 spiro atoms. The Balaban J connectivity index is 1.57. The quantitative estimate of drug-likeness (QED) is 0.229. The van der Waals surface area contributed by atoms with E-state index in [1.807, 2.05) is 28.8 Å². The Labute approximate surface area is 200 Å². The molecule has 5 nitrogen and oxygen atoms in total. The Morgan fingerprint density at radius 2 is 1.94 bits per heavy atom. The number of thioether (sulfide) groups is 1. The van der Waals surface area contributed by atoms with Gasteiger partial charge in [0.25, 0.3) is 0 Å². The number of aryl methyl sites for hydroxylation is 1. The molecule has 0 bridgehead atoms. The van der Waals surface area contributed by atoms with Gasteiger partial charge in [0, 0.05) is 38.6 Å². The SMILES string of the molecule is C=CCn1c(SCC(=O)Nc2ccc(Cl)cc2)nnc1-c1csc(C)c1-c1ccccc1. The van der Waals surface area contributed by atoms with Gasteiger partial charge in [0.05, 0.1) is 5.75 Å². The number of aromatic nitrogens is 3. The van der Waals surface area contributed by atoms with Gasteiger partial charge in [0.1, 0.15) is 0 Å². The summed E-state index contributed by atoms with van der Waals surface area (Å²) < 4.78 is 2.00. The fourth-order valence-corrected chi connectivity index (χ4v) is 5.07. The summed E-state index contributed by atoms with van der Waals surface area (Å²) in [5, 5.41) is 15.1. The highest BCUT2D eigenvalue weighted by atomic mass is 35.5. The molecule has 4 aromatic rings. The van der Waals surface area contributed by atoms with E-state index < -0.39 is 0 Å². The van der Waals surface area contributed by atoms with Gasteiger partial charge in [0.15, 0.2) is 11.0 Å². The molecule has 0 saturated carbocycles. The topological polar surface area (TPSA) is 59.8 Å². The first kappa shape index (κ1) is 22.3. The van der Waals surface area contributed by atoms with Crippen LogP contribution in [0.3, 0.4) is 0 Å². The molecule has 2 aromatic carbocycles. The highest BCUT2D eigenvalue weighted by Gasteiger charge is 2.20. The normalized spacial score (nSPS) is 10.8. The number of amides is 1. The number of anilines is 1. The largest absolute Gasteiger partial charge is 0.325 e. The van der Waals surface area contributed by atoms with Crippen LogP contribution in [-0.2, 0) is 11.3 Å². The zero-order valence-corrected chi connectivity index (χ0v) is 19.8. The molecule has 0 aliphatic heterocycles. The third-order valence-electron chi connectivity index (χ3n) is 4.77. The fraction of sp³-hybridized carbons (Fsp3) is 0.125. The van der Waals surface area contributed by atoms with Crippen molar-refractivity contribution >= 4 is 46.3 Å². The first-order chi connectivity index (χ1) is 15.6. The highest BCUT2D eigenvalue weighted by molar-refractivity contribution is 7.99. The Bertz CT molecular complexity index is 1230. The lowest BCUT2D eigenvalue weighted by atomic mass is 10.0. The molecule has 2 heterocycles. The third-order valence-corrected chi connectivity index (χ3v) is 6.90. The van der Waals surface area contributed by atoms with Crippen LogP contribution in [0.1, 0.15) is 4.88 Å². The van der Waals surface area contributed by atoms with Gasteiger partial charge >= 0.3 is 0 Å². The summed E-state index contributed by atoms with van der Waals surface area (Å²) in [6.07, 6.45) is 1.81. The molecular weight excluding hydrogens is 460 g/mol. The molecule has 1 amide bonds. The summed E-state index contributed by atoms with van der Waals surface area (Å²) in [6, 6.07) is 17.3. The molecule has 32 heavy (non-hydrogen) atoms. The number of benzene rings is 2. The maximum Gasteiger partial charge on any atom is 0.234 e. The first-order valence-corrected chi connectivity index (χ1v) is 12.2. The van der Waals surface area contributed by atoms with Crippen LogP contribution in [0.5, 0.6) is 0 Å². The molecule has 1 N–H and O–H groups in total. The minimum Gasteiger partial charge on any atom is -0.325 e. The molecule has 0 saturated heterocycles. The zero-order valence-electron chi connectivity index (χ0n) is 17.4. The van der Waals surface area contributed by atoms with Gasteiger partial charge < -0.3 is 5.32 Å². The van der Waals surface area contributed by atoms with E-state index in [2.05, 4.69) is 46.5 Å². The maximum atomic E-state index is 12.4. The number of hydrogen-bond donors (Lipinski definition) is 1. The van der Waals surface area contributed by atoms with Crippen LogP contribution in [0.25, 0.3) is 22.5 Å². The van der Waals surface area contributed by atoms with E-state index in [1.165, 1.54) is 16.6 Å². The van der Waals surface area contributed by atoms with Gasteiger partial charge in [-0.25, -0.2) is 0 Å². The molecular formula is C24H21ClN4OS2. The van der Waals surface area contributed by atoms with Crippen LogP contribution in [0.2, 0.25) is 5.02 Å². The summed E-state index contributed by atoms with van der Waals surface area (Å²) in [6.45, 7) is 6.54. The molecule has 4 rings (SSSR count). The van der Waals surface area contributed by atoms with Crippen LogP contribution < -0.4 is 5.32 Å². The number of thiophene rings is 1. The van der Waals surface area contributed by atoms with E-state index in [9.17, 15) is 4.79 Å². The van der Waals surface area contributed by atoms with Crippen molar-refractivity contribution in [3.63, 3.8) is 0 Å². The van der Waals surface area contributed by atoms with Crippen molar-refractivity contribution in [1.29, 1.82) is 0 Å². The molecule has 0 unspecified atom stereocenters. The fourth-order valence-electron chi connectivity index (χ4n) is 3.33. The monoisotopic (exact) mass is 480 g/mol. The minimum atomic E-state index is -0.122. The summed E-state index contributed by atoms with van der Waals surface area (Å²) in [5.41, 5.74) is 4.04. The number of rotatable bonds is 8. The van der Waals surface area contributed by atoms with Crippen molar-refractivity contribution in [2.45, 2.75) is 18.6 Å². The molecule has 0 radical (unpaired) electrons. The summed E-state index contributed by atoms with van der Waals surface area (Å²) in [5.74, 6) is 0.864. The number of carbonyl (C=O) groups is 1. The van der Waals surface area contributed by atoms with E-state index in [4.69, 9.17) is 11.6 Å². The maximum absolute atomic E-state index is 12.4. The van der Waals surface area contributed by atoms with Gasteiger partial charge in [-0.3, -0.25) is 9.36 Å². The smallest absolute Gasteiger partial charge is 0.234 e.